The van der Waals surface area contributed by atoms with Gasteiger partial charge in [0.2, 0.25) is 11.0 Å². The summed E-state index contributed by atoms with van der Waals surface area (Å²) in [6, 6.07) is 9.35. The highest BCUT2D eigenvalue weighted by molar-refractivity contribution is 7.92. The van der Waals surface area contributed by atoms with Crippen LogP contribution in [0.25, 0.3) is 11.7 Å². The summed E-state index contributed by atoms with van der Waals surface area (Å²) in [5, 5.41) is 7.63. The molecule has 0 amide bonds. The molecule has 0 atom stereocenters. The SMILES string of the molecule is COc1ccc(NS(=O)(=O)c2ccc(-c3nnc(C4CC4)o3)o2)cc1. The third-order valence-corrected chi connectivity index (χ3v) is 5.02. The van der Waals surface area contributed by atoms with Crippen LogP contribution in [-0.2, 0) is 10.0 Å². The van der Waals surface area contributed by atoms with E-state index in [1.165, 1.54) is 19.2 Å². The summed E-state index contributed by atoms with van der Waals surface area (Å²) >= 11 is 0. The number of hydrogen-bond donors (Lipinski definition) is 1. The Labute approximate surface area is 143 Å². The monoisotopic (exact) mass is 361 g/mol. The predicted octanol–water partition coefficient (Wildman–Crippen LogP) is 3.02. The molecule has 0 radical (unpaired) electrons. The maximum absolute atomic E-state index is 12.4. The van der Waals surface area contributed by atoms with E-state index < -0.39 is 10.0 Å². The standard InChI is InChI=1S/C16H15N3O5S/c1-22-12-6-4-11(5-7-12)19-25(20,21)14-9-8-13(23-14)16-18-17-15(24-16)10-2-3-10/h4-10,19H,2-3H2,1H3. The number of aromatic nitrogens is 2. The van der Waals surface area contributed by atoms with E-state index in [2.05, 4.69) is 14.9 Å². The third-order valence-electron chi connectivity index (χ3n) is 3.77. The normalized spacial score (nSPS) is 14.4. The smallest absolute Gasteiger partial charge is 0.295 e. The van der Waals surface area contributed by atoms with Crippen molar-refractivity contribution in [1.82, 2.24) is 10.2 Å². The van der Waals surface area contributed by atoms with Gasteiger partial charge >= 0.3 is 0 Å². The molecule has 0 saturated heterocycles. The van der Waals surface area contributed by atoms with Gasteiger partial charge in [0, 0.05) is 11.6 Å². The largest absolute Gasteiger partial charge is 0.497 e. The molecule has 1 aliphatic rings. The summed E-state index contributed by atoms with van der Waals surface area (Å²) < 4.78 is 43.2. The van der Waals surface area contributed by atoms with Crippen LogP contribution in [0.1, 0.15) is 24.7 Å². The quantitative estimate of drug-likeness (QED) is 0.719. The number of nitrogens with one attached hydrogen (secondary N) is 1. The van der Waals surface area contributed by atoms with Gasteiger partial charge in [-0.1, -0.05) is 0 Å². The zero-order chi connectivity index (χ0) is 17.4. The molecule has 25 heavy (non-hydrogen) atoms. The summed E-state index contributed by atoms with van der Waals surface area (Å²) in [5.41, 5.74) is 0.396. The maximum Gasteiger partial charge on any atom is 0.295 e. The van der Waals surface area contributed by atoms with E-state index in [0.717, 1.165) is 12.8 Å². The fourth-order valence-corrected chi connectivity index (χ4v) is 3.27. The molecule has 1 N–H and O–H groups in total. The van der Waals surface area contributed by atoms with Crippen molar-refractivity contribution >= 4 is 15.7 Å². The van der Waals surface area contributed by atoms with Crippen LogP contribution in [0.15, 0.2) is 50.3 Å². The Morgan fingerprint density at radius 2 is 1.84 bits per heavy atom. The lowest BCUT2D eigenvalue weighted by atomic mass is 10.3. The summed E-state index contributed by atoms with van der Waals surface area (Å²) in [6.07, 6.45) is 2.07. The number of methoxy groups -OCH3 is 1. The van der Waals surface area contributed by atoms with Crippen molar-refractivity contribution in [3.8, 4) is 17.4 Å². The Kier molecular flexibility index (Phi) is 3.72. The van der Waals surface area contributed by atoms with Crippen molar-refractivity contribution in [2.75, 3.05) is 11.8 Å². The van der Waals surface area contributed by atoms with Crippen molar-refractivity contribution in [3.05, 3.63) is 42.3 Å². The van der Waals surface area contributed by atoms with Crippen LogP contribution >= 0.6 is 0 Å². The summed E-state index contributed by atoms with van der Waals surface area (Å²) in [7, 11) is -2.33. The Hall–Kier alpha value is -2.81. The van der Waals surface area contributed by atoms with E-state index in [9.17, 15) is 8.42 Å². The molecule has 8 nitrogen and oxygen atoms in total. The van der Waals surface area contributed by atoms with E-state index >= 15 is 0 Å². The van der Waals surface area contributed by atoms with Gasteiger partial charge < -0.3 is 13.6 Å². The number of hydrogen-bond acceptors (Lipinski definition) is 7. The number of sulfonamides is 1. The number of anilines is 1. The number of rotatable bonds is 6. The molecule has 1 aromatic carbocycles. The van der Waals surface area contributed by atoms with E-state index in [-0.39, 0.29) is 16.7 Å². The van der Waals surface area contributed by atoms with Crippen molar-refractivity contribution in [2.45, 2.75) is 23.9 Å². The van der Waals surface area contributed by atoms with E-state index in [1.54, 1.807) is 24.3 Å². The van der Waals surface area contributed by atoms with Gasteiger partial charge in [-0.15, -0.1) is 10.2 Å². The lowest BCUT2D eigenvalue weighted by molar-refractivity contribution is 0.415. The zero-order valence-electron chi connectivity index (χ0n) is 13.3. The number of ether oxygens (including phenoxy) is 1. The molecular weight excluding hydrogens is 346 g/mol. The summed E-state index contributed by atoms with van der Waals surface area (Å²) in [4.78, 5) is 0. The minimum atomic E-state index is -3.86. The van der Waals surface area contributed by atoms with Crippen molar-refractivity contribution in [2.24, 2.45) is 0 Å². The molecule has 9 heteroatoms. The molecule has 0 bridgehead atoms. The molecule has 0 unspecified atom stereocenters. The molecule has 1 aliphatic carbocycles. The van der Waals surface area contributed by atoms with Gasteiger partial charge in [0.25, 0.3) is 15.9 Å². The first-order chi connectivity index (χ1) is 12.0. The van der Waals surface area contributed by atoms with Crippen LogP contribution in [0.3, 0.4) is 0 Å². The average Bonchev–Trinajstić information content (AvgIpc) is 3.12. The number of nitrogens with zero attached hydrogens (tertiary/aromatic N) is 2. The minimum absolute atomic E-state index is 0.174. The van der Waals surface area contributed by atoms with E-state index in [4.69, 9.17) is 13.6 Å². The molecule has 3 aromatic rings. The number of benzene rings is 1. The Morgan fingerprint density at radius 3 is 2.52 bits per heavy atom. The predicted molar refractivity (Wildman–Crippen MR) is 87.8 cm³/mol. The van der Waals surface area contributed by atoms with E-state index in [1.807, 2.05) is 0 Å². The van der Waals surface area contributed by atoms with Crippen LogP contribution in [-0.4, -0.2) is 25.7 Å². The molecule has 2 aromatic heterocycles. The Morgan fingerprint density at radius 1 is 1.08 bits per heavy atom. The molecule has 1 saturated carbocycles. The Balaban J connectivity index is 1.54. The minimum Gasteiger partial charge on any atom is -0.497 e. The molecule has 4 rings (SSSR count). The molecule has 130 valence electrons. The Bertz CT molecular complexity index is 987. The van der Waals surface area contributed by atoms with Gasteiger partial charge in [0.15, 0.2) is 5.76 Å². The average molecular weight is 361 g/mol. The van der Waals surface area contributed by atoms with Gasteiger partial charge in [-0.25, -0.2) is 0 Å². The van der Waals surface area contributed by atoms with Crippen molar-refractivity contribution in [1.29, 1.82) is 0 Å². The molecule has 0 spiro atoms. The zero-order valence-corrected chi connectivity index (χ0v) is 14.1. The fourth-order valence-electron chi connectivity index (χ4n) is 2.27. The number of furan rings is 1. The van der Waals surface area contributed by atoms with Crippen LogP contribution in [0.2, 0.25) is 0 Å². The molecular formula is C16H15N3O5S. The highest BCUT2D eigenvalue weighted by Crippen LogP contribution is 2.40. The highest BCUT2D eigenvalue weighted by Gasteiger charge is 2.30. The van der Waals surface area contributed by atoms with Gasteiger partial charge in [0.05, 0.1) is 7.11 Å². The van der Waals surface area contributed by atoms with E-state index in [0.29, 0.717) is 23.2 Å². The lowest BCUT2D eigenvalue weighted by Crippen LogP contribution is -2.11. The first kappa shape index (κ1) is 15.7. The van der Waals surface area contributed by atoms with Crippen LogP contribution in [0.4, 0.5) is 5.69 Å². The van der Waals surface area contributed by atoms with Crippen molar-refractivity contribution < 1.29 is 22.0 Å². The fraction of sp³-hybridized carbons (Fsp3) is 0.250. The summed E-state index contributed by atoms with van der Waals surface area (Å²) in [5.74, 6) is 1.90. The van der Waals surface area contributed by atoms with Crippen LogP contribution < -0.4 is 9.46 Å². The van der Waals surface area contributed by atoms with Gasteiger partial charge in [-0.05, 0) is 49.2 Å². The lowest BCUT2D eigenvalue weighted by Gasteiger charge is -2.06. The van der Waals surface area contributed by atoms with Crippen molar-refractivity contribution in [3.63, 3.8) is 0 Å². The second-order valence-corrected chi connectivity index (χ2v) is 7.29. The molecule has 0 aliphatic heterocycles. The second kappa shape index (κ2) is 5.92. The highest BCUT2D eigenvalue weighted by atomic mass is 32.2. The third kappa shape index (κ3) is 3.22. The first-order valence-corrected chi connectivity index (χ1v) is 9.14. The topological polar surface area (TPSA) is 107 Å². The molecule has 2 heterocycles. The maximum atomic E-state index is 12.4. The van der Waals surface area contributed by atoms with Gasteiger partial charge in [-0.3, -0.25) is 4.72 Å². The first-order valence-electron chi connectivity index (χ1n) is 7.65. The second-order valence-electron chi connectivity index (χ2n) is 5.67. The summed E-state index contributed by atoms with van der Waals surface area (Å²) in [6.45, 7) is 0. The van der Waals surface area contributed by atoms with Crippen LogP contribution in [0, 0.1) is 0 Å². The van der Waals surface area contributed by atoms with Gasteiger partial charge in [-0.2, -0.15) is 8.42 Å². The van der Waals surface area contributed by atoms with Crippen LogP contribution in [0.5, 0.6) is 5.75 Å². The molecule has 1 fully saturated rings. The van der Waals surface area contributed by atoms with Gasteiger partial charge in [0.1, 0.15) is 5.75 Å².